The Morgan fingerprint density at radius 2 is 1.96 bits per heavy atom. The van der Waals surface area contributed by atoms with Crippen LogP contribution in [-0.4, -0.2) is 55.5 Å². The number of likely N-dealkylation sites (tertiary alicyclic amines) is 1. The van der Waals surface area contributed by atoms with Gasteiger partial charge in [-0.25, -0.2) is 0 Å². The highest BCUT2D eigenvalue weighted by atomic mass is 16.5. The number of nitrogens with one attached hydrogen (secondary N) is 1. The lowest BCUT2D eigenvalue weighted by molar-refractivity contribution is -0.152. The van der Waals surface area contributed by atoms with Crippen LogP contribution in [-0.2, 0) is 25.5 Å². The van der Waals surface area contributed by atoms with Gasteiger partial charge in [-0.05, 0) is 38.0 Å². The average molecular weight is 362 g/mol. The fourth-order valence-corrected chi connectivity index (χ4v) is 2.83. The summed E-state index contributed by atoms with van der Waals surface area (Å²) < 4.78 is 10.1. The molecule has 0 saturated carbocycles. The van der Waals surface area contributed by atoms with E-state index in [0.717, 1.165) is 11.3 Å². The van der Waals surface area contributed by atoms with Crippen molar-refractivity contribution >= 4 is 17.8 Å². The summed E-state index contributed by atoms with van der Waals surface area (Å²) in [4.78, 5) is 37.3. The standard InChI is InChI=1S/C19H26N2O5/c1-13(2)21-11-15(10-18(21)23)19(24)26-12-17(22)20-9-8-14-4-6-16(25-3)7-5-14/h4-7,13,15H,8-12H2,1-3H3,(H,20,22). The predicted molar refractivity (Wildman–Crippen MR) is 95.6 cm³/mol. The first-order valence-electron chi connectivity index (χ1n) is 8.76. The SMILES string of the molecule is COc1ccc(CCNC(=O)COC(=O)C2CC(=O)N(C(C)C)C2)cc1. The summed E-state index contributed by atoms with van der Waals surface area (Å²) in [6.45, 7) is 4.29. The second-order valence-corrected chi connectivity index (χ2v) is 6.60. The number of benzene rings is 1. The summed E-state index contributed by atoms with van der Waals surface area (Å²) >= 11 is 0. The number of carbonyl (C=O) groups excluding carboxylic acids is 3. The summed E-state index contributed by atoms with van der Waals surface area (Å²) in [7, 11) is 1.61. The zero-order chi connectivity index (χ0) is 19.1. The number of carbonyl (C=O) groups is 3. The van der Waals surface area contributed by atoms with E-state index in [4.69, 9.17) is 9.47 Å². The van der Waals surface area contributed by atoms with Crippen LogP contribution < -0.4 is 10.1 Å². The maximum absolute atomic E-state index is 12.0. The molecule has 0 bridgehead atoms. The molecule has 1 saturated heterocycles. The third-order valence-electron chi connectivity index (χ3n) is 4.36. The zero-order valence-electron chi connectivity index (χ0n) is 15.5. The van der Waals surface area contributed by atoms with Crippen LogP contribution in [0, 0.1) is 5.92 Å². The average Bonchev–Trinajstić information content (AvgIpc) is 3.02. The van der Waals surface area contributed by atoms with Crippen molar-refractivity contribution in [3.8, 4) is 5.75 Å². The molecule has 26 heavy (non-hydrogen) atoms. The lowest BCUT2D eigenvalue weighted by atomic mass is 10.1. The van der Waals surface area contributed by atoms with Gasteiger partial charge in [0.15, 0.2) is 6.61 Å². The molecular weight excluding hydrogens is 336 g/mol. The number of rotatable bonds is 8. The van der Waals surface area contributed by atoms with E-state index in [2.05, 4.69) is 5.32 Å². The summed E-state index contributed by atoms with van der Waals surface area (Å²) in [6.07, 6.45) is 0.820. The fraction of sp³-hybridized carbons (Fsp3) is 0.526. The van der Waals surface area contributed by atoms with Crippen molar-refractivity contribution in [3.63, 3.8) is 0 Å². The Kier molecular flexibility index (Phi) is 7.00. The Balaban J connectivity index is 1.66. The van der Waals surface area contributed by atoms with Gasteiger partial charge in [0, 0.05) is 25.6 Å². The van der Waals surface area contributed by atoms with E-state index in [1.165, 1.54) is 0 Å². The molecule has 1 unspecified atom stereocenters. The van der Waals surface area contributed by atoms with Crippen molar-refractivity contribution in [1.29, 1.82) is 0 Å². The van der Waals surface area contributed by atoms with Crippen molar-refractivity contribution in [3.05, 3.63) is 29.8 Å². The highest BCUT2D eigenvalue weighted by Crippen LogP contribution is 2.21. The lowest BCUT2D eigenvalue weighted by Crippen LogP contribution is -2.34. The molecule has 0 spiro atoms. The van der Waals surface area contributed by atoms with Crippen LogP contribution in [0.2, 0.25) is 0 Å². The molecule has 1 aromatic carbocycles. The first kappa shape index (κ1) is 19.8. The molecule has 1 aliphatic heterocycles. The Labute approximate surface area is 153 Å². The van der Waals surface area contributed by atoms with Gasteiger partial charge < -0.3 is 19.7 Å². The number of hydrogen-bond donors (Lipinski definition) is 1. The van der Waals surface area contributed by atoms with Crippen LogP contribution in [0.4, 0.5) is 0 Å². The molecule has 7 nitrogen and oxygen atoms in total. The van der Waals surface area contributed by atoms with Gasteiger partial charge in [-0.2, -0.15) is 0 Å². The molecule has 0 aliphatic carbocycles. The Hall–Kier alpha value is -2.57. The van der Waals surface area contributed by atoms with E-state index < -0.39 is 11.9 Å². The van der Waals surface area contributed by atoms with Crippen LogP contribution in [0.1, 0.15) is 25.8 Å². The molecule has 2 rings (SSSR count). The molecule has 2 amide bonds. The third kappa shape index (κ3) is 5.47. The zero-order valence-corrected chi connectivity index (χ0v) is 15.5. The normalized spacial score (nSPS) is 16.7. The molecule has 0 aromatic heterocycles. The van der Waals surface area contributed by atoms with Gasteiger partial charge in [-0.1, -0.05) is 12.1 Å². The van der Waals surface area contributed by atoms with Gasteiger partial charge in [0.1, 0.15) is 5.75 Å². The maximum Gasteiger partial charge on any atom is 0.311 e. The van der Waals surface area contributed by atoms with Crippen molar-refractivity contribution in [2.75, 3.05) is 26.8 Å². The monoisotopic (exact) mass is 362 g/mol. The van der Waals surface area contributed by atoms with E-state index in [9.17, 15) is 14.4 Å². The predicted octanol–water partition coefficient (Wildman–Crippen LogP) is 1.15. The lowest BCUT2D eigenvalue weighted by Gasteiger charge is -2.20. The molecule has 1 N–H and O–H groups in total. The smallest absolute Gasteiger partial charge is 0.311 e. The van der Waals surface area contributed by atoms with Crippen LogP contribution in [0.15, 0.2) is 24.3 Å². The molecule has 1 heterocycles. The number of hydrogen-bond acceptors (Lipinski definition) is 5. The van der Waals surface area contributed by atoms with Crippen molar-refractivity contribution in [2.24, 2.45) is 5.92 Å². The molecule has 1 aliphatic rings. The van der Waals surface area contributed by atoms with Crippen LogP contribution >= 0.6 is 0 Å². The molecule has 1 aromatic rings. The number of amides is 2. The van der Waals surface area contributed by atoms with Gasteiger partial charge in [-0.3, -0.25) is 14.4 Å². The van der Waals surface area contributed by atoms with E-state index in [-0.39, 0.29) is 30.9 Å². The van der Waals surface area contributed by atoms with E-state index in [1.807, 2.05) is 38.1 Å². The van der Waals surface area contributed by atoms with Crippen LogP contribution in [0.3, 0.4) is 0 Å². The van der Waals surface area contributed by atoms with Gasteiger partial charge >= 0.3 is 5.97 Å². The summed E-state index contributed by atoms with van der Waals surface area (Å²) in [6, 6.07) is 7.65. The first-order valence-corrected chi connectivity index (χ1v) is 8.76. The number of esters is 1. The second kappa shape index (κ2) is 9.22. The number of nitrogens with zero attached hydrogens (tertiary/aromatic N) is 1. The Bertz CT molecular complexity index is 642. The van der Waals surface area contributed by atoms with Crippen molar-refractivity contribution in [1.82, 2.24) is 10.2 Å². The van der Waals surface area contributed by atoms with Crippen molar-refractivity contribution < 1.29 is 23.9 Å². The Morgan fingerprint density at radius 1 is 1.27 bits per heavy atom. The summed E-state index contributed by atoms with van der Waals surface area (Å²) in [5.74, 6) is -0.599. The maximum atomic E-state index is 12.0. The highest BCUT2D eigenvalue weighted by molar-refractivity contribution is 5.88. The highest BCUT2D eigenvalue weighted by Gasteiger charge is 2.36. The third-order valence-corrected chi connectivity index (χ3v) is 4.36. The topological polar surface area (TPSA) is 84.9 Å². The fourth-order valence-electron chi connectivity index (χ4n) is 2.83. The van der Waals surface area contributed by atoms with Gasteiger partial charge in [0.25, 0.3) is 5.91 Å². The minimum absolute atomic E-state index is 0.0501. The van der Waals surface area contributed by atoms with Crippen LogP contribution in [0.5, 0.6) is 5.75 Å². The minimum Gasteiger partial charge on any atom is -0.497 e. The number of methoxy groups -OCH3 is 1. The largest absolute Gasteiger partial charge is 0.497 e. The van der Waals surface area contributed by atoms with Crippen molar-refractivity contribution in [2.45, 2.75) is 32.7 Å². The van der Waals surface area contributed by atoms with Gasteiger partial charge in [0.05, 0.1) is 13.0 Å². The summed E-state index contributed by atoms with van der Waals surface area (Å²) in [5, 5.41) is 2.72. The van der Waals surface area contributed by atoms with E-state index in [0.29, 0.717) is 19.5 Å². The van der Waals surface area contributed by atoms with E-state index >= 15 is 0 Å². The van der Waals surface area contributed by atoms with Gasteiger partial charge in [0.2, 0.25) is 5.91 Å². The molecule has 1 fully saturated rings. The number of ether oxygens (including phenoxy) is 2. The molecular formula is C19H26N2O5. The van der Waals surface area contributed by atoms with Crippen LogP contribution in [0.25, 0.3) is 0 Å². The Morgan fingerprint density at radius 3 is 2.54 bits per heavy atom. The molecule has 142 valence electrons. The summed E-state index contributed by atoms with van der Waals surface area (Å²) in [5.41, 5.74) is 1.07. The molecule has 0 radical (unpaired) electrons. The second-order valence-electron chi connectivity index (χ2n) is 6.60. The minimum atomic E-state index is -0.494. The van der Waals surface area contributed by atoms with Gasteiger partial charge in [-0.15, -0.1) is 0 Å². The quantitative estimate of drug-likeness (QED) is 0.702. The molecule has 1 atom stereocenters. The molecule has 7 heteroatoms. The first-order chi connectivity index (χ1) is 12.4. The van der Waals surface area contributed by atoms with E-state index in [1.54, 1.807) is 12.0 Å².